The van der Waals surface area contributed by atoms with Crippen LogP contribution in [0.15, 0.2) is 28.0 Å². The van der Waals surface area contributed by atoms with Crippen LogP contribution in [0.2, 0.25) is 0 Å². The maximum absolute atomic E-state index is 13.5. The molecule has 0 saturated carbocycles. The number of piperidine rings is 1. The number of carbonyl (C=O) groups is 1. The fourth-order valence-electron chi connectivity index (χ4n) is 4.03. The highest BCUT2D eigenvalue weighted by Crippen LogP contribution is 2.34. The number of thioether (sulfide) groups is 1. The Labute approximate surface area is 197 Å². The van der Waals surface area contributed by atoms with Gasteiger partial charge in [-0.2, -0.15) is 0 Å². The first-order valence-electron chi connectivity index (χ1n) is 10.9. The molecule has 7 nitrogen and oxygen atoms in total. The van der Waals surface area contributed by atoms with E-state index in [0.29, 0.717) is 51.7 Å². The number of nitrogens with zero attached hydrogens (tertiary/aromatic N) is 4. The number of hydrogen-bond acceptors (Lipinski definition) is 7. The van der Waals surface area contributed by atoms with Crippen LogP contribution in [0.4, 0.5) is 5.82 Å². The Morgan fingerprint density at radius 1 is 1.28 bits per heavy atom. The summed E-state index contributed by atoms with van der Waals surface area (Å²) in [7, 11) is 1.63. The Bertz CT molecular complexity index is 1140. The number of carbonyl (C=O) groups excluding carboxylic acids is 1. The van der Waals surface area contributed by atoms with Crippen LogP contribution < -0.4 is 10.5 Å². The summed E-state index contributed by atoms with van der Waals surface area (Å²) in [5, 5.41) is 0. The monoisotopic (exact) mass is 472 g/mol. The molecule has 170 valence electrons. The number of pyridine rings is 1. The third-order valence-electron chi connectivity index (χ3n) is 5.95. The van der Waals surface area contributed by atoms with Crippen molar-refractivity contribution in [1.29, 1.82) is 0 Å². The van der Waals surface area contributed by atoms with E-state index in [1.54, 1.807) is 28.7 Å². The summed E-state index contributed by atoms with van der Waals surface area (Å²) in [5.41, 5.74) is 1.85. The zero-order valence-corrected chi connectivity index (χ0v) is 20.3. The summed E-state index contributed by atoms with van der Waals surface area (Å²) in [4.78, 5) is 35.7. The van der Waals surface area contributed by atoms with E-state index in [9.17, 15) is 9.59 Å². The zero-order chi connectivity index (χ0) is 22.8. The van der Waals surface area contributed by atoms with Crippen LogP contribution in [0.1, 0.15) is 37.3 Å². The van der Waals surface area contributed by atoms with Crippen molar-refractivity contribution in [3.05, 3.63) is 44.7 Å². The first kappa shape index (κ1) is 22.9. The summed E-state index contributed by atoms with van der Waals surface area (Å²) in [6, 6.07) is 3.82. The number of anilines is 1. The van der Waals surface area contributed by atoms with Crippen molar-refractivity contribution in [2.45, 2.75) is 33.1 Å². The van der Waals surface area contributed by atoms with Crippen LogP contribution in [0, 0.1) is 12.8 Å². The highest BCUT2D eigenvalue weighted by molar-refractivity contribution is 8.26. The molecule has 9 heteroatoms. The van der Waals surface area contributed by atoms with Crippen molar-refractivity contribution < 1.29 is 9.53 Å². The van der Waals surface area contributed by atoms with Gasteiger partial charge in [-0.25, -0.2) is 4.98 Å². The van der Waals surface area contributed by atoms with Gasteiger partial charge in [0.05, 0.1) is 10.5 Å². The van der Waals surface area contributed by atoms with E-state index < -0.39 is 0 Å². The molecule has 2 fully saturated rings. The van der Waals surface area contributed by atoms with E-state index >= 15 is 0 Å². The first-order valence-corrected chi connectivity index (χ1v) is 12.1. The molecule has 0 aliphatic carbocycles. The highest BCUT2D eigenvalue weighted by atomic mass is 32.2. The van der Waals surface area contributed by atoms with Gasteiger partial charge in [0.25, 0.3) is 11.5 Å². The molecule has 0 bridgehead atoms. The summed E-state index contributed by atoms with van der Waals surface area (Å²) in [6.45, 7) is 6.93. The van der Waals surface area contributed by atoms with Gasteiger partial charge in [-0.1, -0.05) is 37.0 Å². The fourth-order valence-corrected chi connectivity index (χ4v) is 5.32. The van der Waals surface area contributed by atoms with Crippen molar-refractivity contribution >= 4 is 51.7 Å². The molecule has 0 atom stereocenters. The standard InChI is InChI=1S/C23H28N4O3S2/c1-15-7-10-25(11-8-15)20-17(21(28)27-14-16(2)5-6-19(27)24-20)13-18-22(29)26(23(31)32-18)9-4-12-30-3/h5-6,13-15H,4,7-12H2,1-3H3. The Morgan fingerprint density at radius 3 is 2.75 bits per heavy atom. The molecular formula is C23H28N4O3S2. The van der Waals surface area contributed by atoms with E-state index in [1.165, 1.54) is 11.8 Å². The zero-order valence-electron chi connectivity index (χ0n) is 18.7. The van der Waals surface area contributed by atoms with Crippen molar-refractivity contribution in [1.82, 2.24) is 14.3 Å². The van der Waals surface area contributed by atoms with Crippen LogP contribution in [0.3, 0.4) is 0 Å². The van der Waals surface area contributed by atoms with Crippen molar-refractivity contribution in [3.8, 4) is 0 Å². The Kier molecular flexibility index (Phi) is 6.97. The largest absolute Gasteiger partial charge is 0.385 e. The molecule has 0 unspecified atom stereocenters. The molecule has 4 rings (SSSR count). The van der Waals surface area contributed by atoms with Gasteiger partial charge in [0, 0.05) is 39.5 Å². The third-order valence-corrected chi connectivity index (χ3v) is 7.33. The van der Waals surface area contributed by atoms with Gasteiger partial charge in [-0.3, -0.25) is 18.9 Å². The average molecular weight is 473 g/mol. The number of aromatic nitrogens is 2. The molecule has 2 saturated heterocycles. The van der Waals surface area contributed by atoms with Crippen LogP contribution in [0.25, 0.3) is 11.7 Å². The van der Waals surface area contributed by atoms with Gasteiger partial charge in [0.1, 0.15) is 15.8 Å². The number of ether oxygens (including phenoxy) is 1. The van der Waals surface area contributed by atoms with Gasteiger partial charge < -0.3 is 9.64 Å². The molecule has 1 amide bonds. The van der Waals surface area contributed by atoms with Crippen molar-refractivity contribution in [2.75, 3.05) is 38.3 Å². The molecule has 2 aliphatic rings. The van der Waals surface area contributed by atoms with E-state index in [4.69, 9.17) is 21.9 Å². The van der Waals surface area contributed by atoms with Crippen LogP contribution in [0.5, 0.6) is 0 Å². The lowest BCUT2D eigenvalue weighted by Gasteiger charge is -2.32. The molecular weight excluding hydrogens is 444 g/mol. The number of rotatable bonds is 6. The summed E-state index contributed by atoms with van der Waals surface area (Å²) in [6.07, 6.45) is 6.28. The minimum absolute atomic E-state index is 0.164. The molecule has 0 N–H and O–H groups in total. The second-order valence-electron chi connectivity index (χ2n) is 8.44. The number of methoxy groups -OCH3 is 1. The molecule has 2 aromatic rings. The maximum Gasteiger partial charge on any atom is 0.267 e. The average Bonchev–Trinajstić information content (AvgIpc) is 3.04. The Morgan fingerprint density at radius 2 is 2.03 bits per heavy atom. The van der Waals surface area contributed by atoms with Crippen LogP contribution in [-0.4, -0.2) is 57.9 Å². The number of thiocarbonyl (C=S) groups is 1. The van der Waals surface area contributed by atoms with E-state index in [-0.39, 0.29) is 11.5 Å². The molecule has 0 aromatic carbocycles. The molecule has 4 heterocycles. The topological polar surface area (TPSA) is 67.2 Å². The highest BCUT2D eigenvalue weighted by Gasteiger charge is 2.32. The Hall–Kier alpha value is -2.23. The van der Waals surface area contributed by atoms with Gasteiger partial charge in [0.15, 0.2) is 0 Å². The van der Waals surface area contributed by atoms with Gasteiger partial charge >= 0.3 is 0 Å². The predicted molar refractivity (Wildman–Crippen MR) is 133 cm³/mol. The summed E-state index contributed by atoms with van der Waals surface area (Å²) in [5.74, 6) is 1.14. The molecule has 2 aliphatic heterocycles. The lowest BCUT2D eigenvalue weighted by atomic mass is 9.99. The van der Waals surface area contributed by atoms with Crippen LogP contribution in [-0.2, 0) is 9.53 Å². The molecule has 0 spiro atoms. The lowest BCUT2D eigenvalue weighted by Crippen LogP contribution is -2.36. The smallest absolute Gasteiger partial charge is 0.267 e. The normalized spacial score (nSPS) is 19.0. The fraction of sp³-hybridized carbons (Fsp3) is 0.478. The van der Waals surface area contributed by atoms with E-state index in [2.05, 4.69) is 11.8 Å². The van der Waals surface area contributed by atoms with Crippen LogP contribution >= 0.6 is 24.0 Å². The number of amides is 1. The predicted octanol–water partition coefficient (Wildman–Crippen LogP) is 3.48. The SMILES string of the molecule is COCCCN1C(=O)C(=Cc2c(N3CCC(C)CC3)nc3ccc(C)cn3c2=O)SC1=S. The van der Waals surface area contributed by atoms with E-state index in [0.717, 1.165) is 31.5 Å². The summed E-state index contributed by atoms with van der Waals surface area (Å²) >= 11 is 6.68. The minimum Gasteiger partial charge on any atom is -0.385 e. The van der Waals surface area contributed by atoms with E-state index in [1.807, 2.05) is 19.1 Å². The Balaban J connectivity index is 1.77. The second kappa shape index (κ2) is 9.72. The number of hydrogen-bond donors (Lipinski definition) is 0. The first-order chi connectivity index (χ1) is 15.4. The number of aryl methyl sites for hydroxylation is 1. The maximum atomic E-state index is 13.5. The van der Waals surface area contributed by atoms with Gasteiger partial charge in [-0.15, -0.1) is 0 Å². The van der Waals surface area contributed by atoms with Crippen molar-refractivity contribution in [2.24, 2.45) is 5.92 Å². The molecule has 2 aromatic heterocycles. The van der Waals surface area contributed by atoms with Crippen molar-refractivity contribution in [3.63, 3.8) is 0 Å². The molecule has 0 radical (unpaired) electrons. The lowest BCUT2D eigenvalue weighted by molar-refractivity contribution is -0.122. The molecule has 32 heavy (non-hydrogen) atoms. The number of fused-ring (bicyclic) bond motifs is 1. The third kappa shape index (κ3) is 4.60. The summed E-state index contributed by atoms with van der Waals surface area (Å²) < 4.78 is 7.17. The van der Waals surface area contributed by atoms with Gasteiger partial charge in [-0.05, 0) is 49.8 Å². The van der Waals surface area contributed by atoms with Gasteiger partial charge in [0.2, 0.25) is 0 Å². The minimum atomic E-state index is -0.169. The quantitative estimate of drug-likeness (QED) is 0.362. The second-order valence-corrected chi connectivity index (χ2v) is 10.1.